The summed E-state index contributed by atoms with van der Waals surface area (Å²) in [5.41, 5.74) is 0.654. The van der Waals surface area contributed by atoms with Crippen LogP contribution in [0.3, 0.4) is 0 Å². The summed E-state index contributed by atoms with van der Waals surface area (Å²) in [5.74, 6) is -0.994. The van der Waals surface area contributed by atoms with Crippen LogP contribution in [0.2, 0.25) is 0 Å². The Morgan fingerprint density at radius 3 is 2.62 bits per heavy atom. The number of oxazole rings is 1. The summed E-state index contributed by atoms with van der Waals surface area (Å²) < 4.78 is 32.6. The van der Waals surface area contributed by atoms with Crippen LogP contribution in [-0.2, 0) is 13.1 Å². The first kappa shape index (κ1) is 20.0. The molecule has 1 heterocycles. The molecular formula is C19H25F2N3O2. The van der Waals surface area contributed by atoms with E-state index in [9.17, 15) is 13.6 Å². The molecule has 1 aromatic carbocycles. The standard InChI is InChI=1S/C19H25F2N3O2/c1-5-13(3)24(10-14-7-8-15(20)9-16(14)21)11-18-22-17(12-26-18)19(25)23(4)6-2/h7-9,12-13H,5-6,10-11H2,1-4H3. The van der Waals surface area contributed by atoms with Crippen LogP contribution in [0.1, 0.15) is 49.1 Å². The van der Waals surface area contributed by atoms with Crippen molar-refractivity contribution in [3.05, 3.63) is 53.2 Å². The summed E-state index contributed by atoms with van der Waals surface area (Å²) in [6.07, 6.45) is 2.19. The van der Waals surface area contributed by atoms with Gasteiger partial charge in [-0.25, -0.2) is 13.8 Å². The molecule has 0 radical (unpaired) electrons. The molecule has 0 aliphatic carbocycles. The largest absolute Gasteiger partial charge is 0.447 e. The van der Waals surface area contributed by atoms with E-state index in [0.29, 0.717) is 31.1 Å². The van der Waals surface area contributed by atoms with Crippen molar-refractivity contribution in [2.24, 2.45) is 0 Å². The van der Waals surface area contributed by atoms with E-state index < -0.39 is 11.6 Å². The molecule has 5 nitrogen and oxygen atoms in total. The molecule has 0 saturated heterocycles. The van der Waals surface area contributed by atoms with E-state index in [2.05, 4.69) is 4.98 Å². The highest BCUT2D eigenvalue weighted by Gasteiger charge is 2.20. The number of hydrogen-bond donors (Lipinski definition) is 0. The number of rotatable bonds is 8. The maximum Gasteiger partial charge on any atom is 0.275 e. The molecule has 7 heteroatoms. The van der Waals surface area contributed by atoms with Crippen LogP contribution in [-0.4, -0.2) is 40.3 Å². The van der Waals surface area contributed by atoms with Gasteiger partial charge in [-0.15, -0.1) is 0 Å². The lowest BCUT2D eigenvalue weighted by atomic mass is 10.1. The van der Waals surface area contributed by atoms with E-state index in [1.165, 1.54) is 18.4 Å². The van der Waals surface area contributed by atoms with Gasteiger partial charge in [-0.1, -0.05) is 13.0 Å². The van der Waals surface area contributed by atoms with Crippen LogP contribution < -0.4 is 0 Å². The maximum absolute atomic E-state index is 14.0. The number of nitrogens with zero attached hydrogens (tertiary/aromatic N) is 3. The fourth-order valence-electron chi connectivity index (χ4n) is 2.49. The zero-order valence-electron chi connectivity index (χ0n) is 15.6. The maximum atomic E-state index is 14.0. The van der Waals surface area contributed by atoms with Crippen molar-refractivity contribution in [3.63, 3.8) is 0 Å². The average molecular weight is 365 g/mol. The Labute approximate surface area is 152 Å². The van der Waals surface area contributed by atoms with Gasteiger partial charge in [-0.05, 0) is 26.3 Å². The van der Waals surface area contributed by atoms with E-state index >= 15 is 0 Å². The second-order valence-electron chi connectivity index (χ2n) is 6.34. The molecule has 0 spiro atoms. The molecule has 0 aliphatic rings. The summed E-state index contributed by atoms with van der Waals surface area (Å²) in [4.78, 5) is 19.9. The van der Waals surface area contributed by atoms with Gasteiger partial charge in [0.05, 0.1) is 6.54 Å². The highest BCUT2D eigenvalue weighted by molar-refractivity contribution is 5.91. The number of carbonyl (C=O) groups is 1. The van der Waals surface area contributed by atoms with Crippen molar-refractivity contribution in [1.82, 2.24) is 14.8 Å². The third-order valence-corrected chi connectivity index (χ3v) is 4.53. The zero-order valence-corrected chi connectivity index (χ0v) is 15.6. The predicted molar refractivity (Wildman–Crippen MR) is 94.5 cm³/mol. The SMILES string of the molecule is CCC(C)N(Cc1nc(C(=O)N(C)CC)co1)Cc1ccc(F)cc1F. The highest BCUT2D eigenvalue weighted by Crippen LogP contribution is 2.18. The number of carbonyl (C=O) groups excluding carboxylic acids is 1. The Kier molecular flexibility index (Phi) is 6.85. The quantitative estimate of drug-likeness (QED) is 0.713. The Balaban J connectivity index is 2.16. The molecule has 26 heavy (non-hydrogen) atoms. The molecular weight excluding hydrogens is 340 g/mol. The minimum absolute atomic E-state index is 0.129. The normalized spacial score (nSPS) is 12.4. The molecule has 1 atom stereocenters. The first-order valence-electron chi connectivity index (χ1n) is 8.73. The van der Waals surface area contributed by atoms with Gasteiger partial charge in [-0.3, -0.25) is 9.69 Å². The summed E-state index contributed by atoms with van der Waals surface area (Å²) in [6.45, 7) is 7.11. The summed E-state index contributed by atoms with van der Waals surface area (Å²) in [6, 6.07) is 3.70. The molecule has 2 aromatic rings. The highest BCUT2D eigenvalue weighted by atomic mass is 19.1. The van der Waals surface area contributed by atoms with Crippen molar-refractivity contribution >= 4 is 5.91 Å². The third kappa shape index (κ3) is 4.88. The van der Waals surface area contributed by atoms with Gasteiger partial charge in [0.2, 0.25) is 5.89 Å². The van der Waals surface area contributed by atoms with Crippen LogP contribution in [0.4, 0.5) is 8.78 Å². The van der Waals surface area contributed by atoms with Gasteiger partial charge in [0.25, 0.3) is 5.91 Å². The molecule has 142 valence electrons. The number of amides is 1. The van der Waals surface area contributed by atoms with E-state index in [1.807, 2.05) is 25.7 Å². The second-order valence-corrected chi connectivity index (χ2v) is 6.34. The van der Waals surface area contributed by atoms with Crippen LogP contribution >= 0.6 is 0 Å². The fraction of sp³-hybridized carbons (Fsp3) is 0.474. The van der Waals surface area contributed by atoms with Crippen molar-refractivity contribution in [3.8, 4) is 0 Å². The minimum Gasteiger partial charge on any atom is -0.447 e. The Hall–Kier alpha value is -2.28. The lowest BCUT2D eigenvalue weighted by molar-refractivity contribution is 0.0796. The van der Waals surface area contributed by atoms with Gasteiger partial charge in [0.1, 0.15) is 17.9 Å². The topological polar surface area (TPSA) is 49.6 Å². The van der Waals surface area contributed by atoms with E-state index in [0.717, 1.165) is 12.5 Å². The summed E-state index contributed by atoms with van der Waals surface area (Å²) in [7, 11) is 1.69. The molecule has 2 rings (SSSR count). The van der Waals surface area contributed by atoms with E-state index in [1.54, 1.807) is 11.9 Å². The Bertz CT molecular complexity index is 748. The third-order valence-electron chi connectivity index (χ3n) is 4.53. The van der Waals surface area contributed by atoms with Gasteiger partial charge in [-0.2, -0.15) is 0 Å². The first-order valence-corrected chi connectivity index (χ1v) is 8.73. The van der Waals surface area contributed by atoms with Crippen molar-refractivity contribution in [2.75, 3.05) is 13.6 Å². The Morgan fingerprint density at radius 1 is 1.27 bits per heavy atom. The summed E-state index contributed by atoms with van der Waals surface area (Å²) in [5, 5.41) is 0. The number of aromatic nitrogens is 1. The number of halogens is 2. The van der Waals surface area contributed by atoms with Crippen LogP contribution in [0.5, 0.6) is 0 Å². The smallest absolute Gasteiger partial charge is 0.275 e. The van der Waals surface area contributed by atoms with Crippen LogP contribution in [0, 0.1) is 11.6 Å². The van der Waals surface area contributed by atoms with Crippen molar-refractivity contribution in [2.45, 2.75) is 46.3 Å². The minimum atomic E-state index is -0.600. The molecule has 0 aliphatic heterocycles. The number of hydrogen-bond acceptors (Lipinski definition) is 4. The average Bonchev–Trinajstić information content (AvgIpc) is 3.09. The van der Waals surface area contributed by atoms with E-state index in [-0.39, 0.29) is 17.6 Å². The predicted octanol–water partition coefficient (Wildman–Crippen LogP) is 3.85. The van der Waals surface area contributed by atoms with Crippen LogP contribution in [0.25, 0.3) is 0 Å². The van der Waals surface area contributed by atoms with Gasteiger partial charge >= 0.3 is 0 Å². The lowest BCUT2D eigenvalue weighted by Gasteiger charge is -2.27. The van der Waals surface area contributed by atoms with Gasteiger partial charge < -0.3 is 9.32 Å². The van der Waals surface area contributed by atoms with Gasteiger partial charge in [0.15, 0.2) is 5.69 Å². The van der Waals surface area contributed by atoms with E-state index in [4.69, 9.17) is 4.42 Å². The van der Waals surface area contributed by atoms with Crippen molar-refractivity contribution < 1.29 is 18.0 Å². The van der Waals surface area contributed by atoms with Crippen LogP contribution in [0.15, 0.2) is 28.9 Å². The van der Waals surface area contributed by atoms with Gasteiger partial charge in [0, 0.05) is 37.8 Å². The molecule has 0 saturated carbocycles. The second kappa shape index (κ2) is 8.89. The molecule has 0 N–H and O–H groups in total. The Morgan fingerprint density at radius 2 is 2.00 bits per heavy atom. The number of benzene rings is 1. The molecule has 0 fully saturated rings. The fourth-order valence-corrected chi connectivity index (χ4v) is 2.49. The monoisotopic (exact) mass is 365 g/mol. The lowest BCUT2D eigenvalue weighted by Crippen LogP contribution is -2.32. The first-order chi connectivity index (χ1) is 12.3. The molecule has 1 unspecified atom stereocenters. The van der Waals surface area contributed by atoms with Crippen molar-refractivity contribution in [1.29, 1.82) is 0 Å². The zero-order chi connectivity index (χ0) is 19.3. The molecule has 1 amide bonds. The molecule has 0 bridgehead atoms. The molecule has 1 aromatic heterocycles. The summed E-state index contributed by atoms with van der Waals surface area (Å²) >= 11 is 0.